The molecule has 0 bridgehead atoms. The number of fused-ring (bicyclic) bond motifs is 1. The van der Waals surface area contributed by atoms with Gasteiger partial charge in [-0.25, -0.2) is 18.4 Å². The lowest BCUT2D eigenvalue weighted by Crippen LogP contribution is -2.16. The summed E-state index contributed by atoms with van der Waals surface area (Å²) in [7, 11) is -3.83. The van der Waals surface area contributed by atoms with Gasteiger partial charge in [0.05, 0.1) is 15.9 Å². The Morgan fingerprint density at radius 2 is 1.53 bits per heavy atom. The van der Waals surface area contributed by atoms with Gasteiger partial charge in [-0.05, 0) is 67.4 Å². The highest BCUT2D eigenvalue weighted by atomic mass is 79.9. The number of sulfonamides is 1. The monoisotopic (exact) mass is 482 g/mol. The Balaban J connectivity index is 1.79. The fraction of sp³-hybridized carbons (Fsp3) is 0.0909. The van der Waals surface area contributed by atoms with Crippen molar-refractivity contribution in [2.45, 2.75) is 18.7 Å². The Morgan fingerprint density at radius 1 is 0.833 bits per heavy atom. The molecule has 152 valence electrons. The molecular formula is C22H19BrN4O2S. The van der Waals surface area contributed by atoms with E-state index in [0.717, 1.165) is 21.3 Å². The third kappa shape index (κ3) is 4.29. The molecule has 0 aliphatic carbocycles. The maximum atomic E-state index is 13.0. The molecule has 0 radical (unpaired) electrons. The highest BCUT2D eigenvalue weighted by molar-refractivity contribution is 9.10. The quantitative estimate of drug-likeness (QED) is 0.389. The average molecular weight is 483 g/mol. The Hall–Kier alpha value is -2.97. The summed E-state index contributed by atoms with van der Waals surface area (Å²) in [5.74, 6) is 0.461. The van der Waals surface area contributed by atoms with Crippen molar-refractivity contribution in [2.24, 2.45) is 0 Å². The van der Waals surface area contributed by atoms with Crippen molar-refractivity contribution in [3.63, 3.8) is 0 Å². The third-order valence-electron chi connectivity index (χ3n) is 4.52. The smallest absolute Gasteiger partial charge is 0.263 e. The molecule has 0 aliphatic heterocycles. The number of aromatic nitrogens is 2. The number of aryl methyl sites for hydroxylation is 2. The van der Waals surface area contributed by atoms with Crippen LogP contribution in [0.4, 0.5) is 17.3 Å². The summed E-state index contributed by atoms with van der Waals surface area (Å²) in [4.78, 5) is 9.29. The topological polar surface area (TPSA) is 84.0 Å². The highest BCUT2D eigenvalue weighted by Crippen LogP contribution is 2.29. The molecule has 0 fully saturated rings. The van der Waals surface area contributed by atoms with Gasteiger partial charge in [0.25, 0.3) is 10.0 Å². The minimum atomic E-state index is -3.83. The number of anilines is 3. The molecule has 4 aromatic rings. The molecule has 1 aromatic heterocycles. The second kappa shape index (κ2) is 8.04. The molecular weight excluding hydrogens is 464 g/mol. The van der Waals surface area contributed by atoms with Gasteiger partial charge in [-0.15, -0.1) is 0 Å². The Labute approximate surface area is 183 Å². The molecule has 0 saturated heterocycles. The van der Waals surface area contributed by atoms with Gasteiger partial charge >= 0.3 is 0 Å². The first-order valence-corrected chi connectivity index (χ1v) is 11.5. The van der Waals surface area contributed by atoms with Crippen molar-refractivity contribution in [1.29, 1.82) is 0 Å². The van der Waals surface area contributed by atoms with E-state index in [-0.39, 0.29) is 10.7 Å². The van der Waals surface area contributed by atoms with Gasteiger partial charge < -0.3 is 5.32 Å². The number of halogens is 1. The third-order valence-corrected chi connectivity index (χ3v) is 6.75. The normalized spacial score (nSPS) is 11.4. The number of rotatable bonds is 5. The summed E-state index contributed by atoms with van der Waals surface area (Å²) >= 11 is 3.49. The van der Waals surface area contributed by atoms with E-state index >= 15 is 0 Å². The summed E-state index contributed by atoms with van der Waals surface area (Å²) in [5, 5.41) is 3.20. The summed E-state index contributed by atoms with van der Waals surface area (Å²) in [6.07, 6.45) is 0. The molecule has 0 atom stereocenters. The van der Waals surface area contributed by atoms with Crippen molar-refractivity contribution in [2.75, 3.05) is 10.0 Å². The van der Waals surface area contributed by atoms with Crippen LogP contribution in [0.3, 0.4) is 0 Å². The van der Waals surface area contributed by atoms with Crippen LogP contribution in [0.2, 0.25) is 0 Å². The molecule has 0 amide bonds. The van der Waals surface area contributed by atoms with Gasteiger partial charge in [-0.2, -0.15) is 0 Å². The van der Waals surface area contributed by atoms with Crippen LogP contribution < -0.4 is 10.0 Å². The molecule has 4 rings (SSSR count). The molecule has 30 heavy (non-hydrogen) atoms. The number of nitrogens with one attached hydrogen (secondary N) is 2. The zero-order valence-corrected chi connectivity index (χ0v) is 18.8. The van der Waals surface area contributed by atoms with Gasteiger partial charge in [0.2, 0.25) is 0 Å². The van der Waals surface area contributed by atoms with Crippen LogP contribution in [0.1, 0.15) is 11.1 Å². The van der Waals surface area contributed by atoms with Gasteiger partial charge in [0, 0.05) is 10.2 Å². The SMILES string of the molecule is Cc1cccc(S(=O)(=O)Nc2nc3ccccc3nc2Nc2ccc(Br)c(C)c2)c1. The second-order valence-electron chi connectivity index (χ2n) is 6.92. The molecule has 1 heterocycles. The van der Waals surface area contributed by atoms with Crippen LogP contribution in [0, 0.1) is 13.8 Å². The molecule has 0 saturated carbocycles. The van der Waals surface area contributed by atoms with Crippen molar-refractivity contribution in [1.82, 2.24) is 9.97 Å². The van der Waals surface area contributed by atoms with Crippen LogP contribution in [-0.2, 0) is 10.0 Å². The first-order chi connectivity index (χ1) is 14.3. The molecule has 2 N–H and O–H groups in total. The second-order valence-corrected chi connectivity index (χ2v) is 9.46. The van der Waals surface area contributed by atoms with Gasteiger partial charge in [-0.3, -0.25) is 4.72 Å². The Kier molecular flexibility index (Phi) is 5.44. The van der Waals surface area contributed by atoms with E-state index in [0.29, 0.717) is 16.9 Å². The largest absolute Gasteiger partial charge is 0.337 e. The first kappa shape index (κ1) is 20.3. The van der Waals surface area contributed by atoms with Gasteiger partial charge in [-0.1, -0.05) is 40.2 Å². The van der Waals surface area contributed by atoms with E-state index in [9.17, 15) is 8.42 Å². The minimum Gasteiger partial charge on any atom is -0.337 e. The lowest BCUT2D eigenvalue weighted by Gasteiger charge is -2.14. The predicted molar refractivity (Wildman–Crippen MR) is 124 cm³/mol. The Bertz CT molecular complexity index is 1360. The minimum absolute atomic E-state index is 0.135. The summed E-state index contributed by atoms with van der Waals surface area (Å²) in [5.41, 5.74) is 3.92. The van der Waals surface area contributed by atoms with E-state index in [1.807, 2.05) is 56.3 Å². The lowest BCUT2D eigenvalue weighted by atomic mass is 10.2. The summed E-state index contributed by atoms with van der Waals surface area (Å²) < 4.78 is 29.5. The van der Waals surface area contributed by atoms with Crippen LogP contribution >= 0.6 is 15.9 Å². The predicted octanol–water partition coefficient (Wildman–Crippen LogP) is 5.55. The standard InChI is InChI=1S/C22H19BrN4O2S/c1-14-6-5-7-17(12-14)30(28,29)27-22-21(24-16-10-11-18(23)15(2)13-16)25-19-8-3-4-9-20(19)26-22/h3-13H,1-2H3,(H,24,25)(H,26,27). The number of nitrogens with zero attached hydrogens (tertiary/aromatic N) is 2. The average Bonchev–Trinajstić information content (AvgIpc) is 2.71. The fourth-order valence-corrected chi connectivity index (χ4v) is 4.35. The molecule has 0 aliphatic rings. The number of hydrogen-bond acceptors (Lipinski definition) is 5. The molecule has 8 heteroatoms. The van der Waals surface area contributed by atoms with Crippen molar-refractivity contribution in [3.05, 3.63) is 82.3 Å². The zero-order chi connectivity index (χ0) is 21.3. The Morgan fingerprint density at radius 3 is 2.20 bits per heavy atom. The van der Waals surface area contributed by atoms with E-state index < -0.39 is 10.0 Å². The summed E-state index contributed by atoms with van der Waals surface area (Å²) in [6, 6.07) is 19.8. The first-order valence-electron chi connectivity index (χ1n) is 9.21. The van der Waals surface area contributed by atoms with Crippen LogP contribution in [0.15, 0.2) is 76.1 Å². The zero-order valence-electron chi connectivity index (χ0n) is 16.3. The highest BCUT2D eigenvalue weighted by Gasteiger charge is 2.19. The molecule has 6 nitrogen and oxygen atoms in total. The van der Waals surface area contributed by atoms with Crippen molar-refractivity contribution < 1.29 is 8.42 Å². The molecule has 0 unspecified atom stereocenters. The van der Waals surface area contributed by atoms with Crippen LogP contribution in [0.5, 0.6) is 0 Å². The summed E-state index contributed by atoms with van der Waals surface area (Å²) in [6.45, 7) is 3.82. The van der Waals surface area contributed by atoms with Crippen LogP contribution in [0.25, 0.3) is 11.0 Å². The van der Waals surface area contributed by atoms with Crippen molar-refractivity contribution in [3.8, 4) is 0 Å². The number of benzene rings is 3. The fourth-order valence-electron chi connectivity index (χ4n) is 2.99. The van der Waals surface area contributed by atoms with Gasteiger partial charge in [0.15, 0.2) is 11.6 Å². The van der Waals surface area contributed by atoms with Crippen molar-refractivity contribution >= 4 is 54.3 Å². The van der Waals surface area contributed by atoms with E-state index in [1.165, 1.54) is 0 Å². The maximum Gasteiger partial charge on any atom is 0.263 e. The van der Waals surface area contributed by atoms with E-state index in [4.69, 9.17) is 0 Å². The van der Waals surface area contributed by atoms with Gasteiger partial charge in [0.1, 0.15) is 0 Å². The van der Waals surface area contributed by atoms with Crippen LogP contribution in [-0.4, -0.2) is 18.4 Å². The maximum absolute atomic E-state index is 13.0. The number of para-hydroxylation sites is 2. The van der Waals surface area contributed by atoms with E-state index in [1.54, 1.807) is 24.3 Å². The molecule has 3 aromatic carbocycles. The molecule has 0 spiro atoms. The number of hydrogen-bond donors (Lipinski definition) is 2. The lowest BCUT2D eigenvalue weighted by molar-refractivity contribution is 0.601. The van der Waals surface area contributed by atoms with E-state index in [2.05, 4.69) is 35.9 Å².